The number of hydrogen-bond acceptors (Lipinski definition) is 2. The van der Waals surface area contributed by atoms with Gasteiger partial charge in [-0.1, -0.05) is 42.5 Å². The van der Waals surface area contributed by atoms with Gasteiger partial charge in [0.1, 0.15) is 23.7 Å². The number of ether oxygens (including phenoxy) is 1. The third-order valence-corrected chi connectivity index (χ3v) is 4.95. The number of halogens is 2. The Bertz CT molecular complexity index is 1080. The fourth-order valence-corrected chi connectivity index (χ4v) is 3.33. The molecule has 28 heavy (non-hydrogen) atoms. The van der Waals surface area contributed by atoms with E-state index in [4.69, 9.17) is 4.74 Å². The van der Waals surface area contributed by atoms with E-state index in [1.165, 1.54) is 23.4 Å². The number of pyridine rings is 1. The number of aryl methyl sites for hydroxylation is 1. The van der Waals surface area contributed by atoms with Crippen LogP contribution in [0, 0.1) is 19.7 Å². The molecule has 0 saturated carbocycles. The second kappa shape index (κ2) is 8.44. The molecule has 0 aliphatic heterocycles. The molecule has 0 amide bonds. The van der Waals surface area contributed by atoms with Gasteiger partial charge in [0.15, 0.2) is 0 Å². The summed E-state index contributed by atoms with van der Waals surface area (Å²) in [6.07, 6.45) is 1.78. The second-order valence-corrected chi connectivity index (χ2v) is 6.70. The Balaban J connectivity index is 0.00000225. The van der Waals surface area contributed by atoms with Gasteiger partial charge in [-0.25, -0.2) is 4.39 Å². The molecule has 0 saturated heterocycles. The van der Waals surface area contributed by atoms with E-state index < -0.39 is 0 Å². The fourth-order valence-electron chi connectivity index (χ4n) is 3.33. The number of hydrogen-bond donors (Lipinski definition) is 0. The molecule has 0 radical (unpaired) electrons. The van der Waals surface area contributed by atoms with Crippen LogP contribution in [-0.2, 0) is 13.2 Å². The van der Waals surface area contributed by atoms with Gasteiger partial charge in [-0.3, -0.25) is 4.98 Å². The molecule has 0 unspecified atom stereocenters. The van der Waals surface area contributed by atoms with Crippen molar-refractivity contribution in [1.29, 1.82) is 0 Å². The van der Waals surface area contributed by atoms with Gasteiger partial charge in [0, 0.05) is 24.5 Å². The molecule has 0 aliphatic rings. The average molecular weight is 397 g/mol. The first-order chi connectivity index (χ1) is 13.1. The van der Waals surface area contributed by atoms with E-state index in [0.717, 1.165) is 34.5 Å². The van der Waals surface area contributed by atoms with E-state index in [-0.39, 0.29) is 18.2 Å². The maximum absolute atomic E-state index is 13.1. The molecule has 5 heteroatoms. The summed E-state index contributed by atoms with van der Waals surface area (Å²) in [5.41, 5.74) is 6.45. The van der Waals surface area contributed by atoms with Gasteiger partial charge in [-0.05, 0) is 42.7 Å². The Labute approximate surface area is 170 Å². The zero-order valence-corrected chi connectivity index (χ0v) is 16.7. The summed E-state index contributed by atoms with van der Waals surface area (Å²) in [5, 5.41) is 0. The molecule has 0 fully saturated rings. The third-order valence-electron chi connectivity index (χ3n) is 4.95. The number of nitrogens with zero attached hydrogens (tertiary/aromatic N) is 2. The topological polar surface area (TPSA) is 27.1 Å². The lowest BCUT2D eigenvalue weighted by Crippen LogP contribution is -2.04. The summed E-state index contributed by atoms with van der Waals surface area (Å²) in [6.45, 7) is 5.35. The van der Waals surface area contributed by atoms with Crippen LogP contribution in [0.5, 0.6) is 5.75 Å². The molecule has 4 aromatic rings. The zero-order chi connectivity index (χ0) is 18.8. The molecule has 0 aliphatic carbocycles. The van der Waals surface area contributed by atoms with Crippen LogP contribution in [-0.4, -0.2) is 9.55 Å². The van der Waals surface area contributed by atoms with E-state index in [9.17, 15) is 4.39 Å². The monoisotopic (exact) mass is 396 g/mol. The van der Waals surface area contributed by atoms with Crippen molar-refractivity contribution in [3.05, 3.63) is 95.1 Å². The van der Waals surface area contributed by atoms with Gasteiger partial charge in [-0.15, -0.1) is 12.4 Å². The van der Waals surface area contributed by atoms with Gasteiger partial charge >= 0.3 is 0 Å². The number of fused-ring (bicyclic) bond motifs is 1. The lowest BCUT2D eigenvalue weighted by atomic mass is 10.2. The highest BCUT2D eigenvalue weighted by Crippen LogP contribution is 2.32. The van der Waals surface area contributed by atoms with Crippen LogP contribution in [0.25, 0.3) is 11.0 Å². The predicted molar refractivity (Wildman–Crippen MR) is 113 cm³/mol. The Morgan fingerprint density at radius 1 is 0.929 bits per heavy atom. The highest BCUT2D eigenvalue weighted by atomic mass is 35.5. The van der Waals surface area contributed by atoms with Crippen LogP contribution < -0.4 is 4.74 Å². The molecule has 2 heterocycles. The predicted octanol–water partition coefficient (Wildman–Crippen LogP) is 5.84. The van der Waals surface area contributed by atoms with E-state index in [2.05, 4.69) is 35.5 Å². The van der Waals surface area contributed by atoms with E-state index >= 15 is 0 Å². The second-order valence-electron chi connectivity index (χ2n) is 6.70. The van der Waals surface area contributed by atoms with Crippen molar-refractivity contribution in [3.8, 4) is 5.75 Å². The largest absolute Gasteiger partial charge is 0.487 e. The van der Waals surface area contributed by atoms with E-state index in [1.54, 1.807) is 18.3 Å². The zero-order valence-electron chi connectivity index (χ0n) is 15.9. The Kier molecular flexibility index (Phi) is 6.00. The summed E-state index contributed by atoms with van der Waals surface area (Å²) in [5.74, 6) is 0.546. The maximum atomic E-state index is 13.1. The Morgan fingerprint density at radius 3 is 2.36 bits per heavy atom. The first-order valence-corrected chi connectivity index (χ1v) is 8.99. The van der Waals surface area contributed by atoms with Crippen molar-refractivity contribution in [2.24, 2.45) is 0 Å². The van der Waals surface area contributed by atoms with Crippen LogP contribution in [0.15, 0.2) is 66.9 Å². The smallest absolute Gasteiger partial charge is 0.147 e. The van der Waals surface area contributed by atoms with E-state index in [0.29, 0.717) is 6.61 Å². The van der Waals surface area contributed by atoms with Gasteiger partial charge in [0.25, 0.3) is 0 Å². The molecule has 0 N–H and O–H groups in total. The standard InChI is InChI=1S/C23H21FN2O.ClH/c1-16-17(2)26(14-18-6-4-3-5-7-18)23-21(12-13-25-22(16)23)27-15-19-8-10-20(24)11-9-19;/h3-13H,14-15H2,1-2H3;1H. The third kappa shape index (κ3) is 3.87. The molecule has 2 aromatic carbocycles. The molecule has 144 valence electrons. The fraction of sp³-hybridized carbons (Fsp3) is 0.174. The SMILES string of the molecule is Cc1c(C)n(Cc2ccccc2)c2c(OCc3ccc(F)cc3)ccnc12.Cl. The van der Waals surface area contributed by atoms with Crippen LogP contribution in [0.3, 0.4) is 0 Å². The first kappa shape index (κ1) is 19.9. The molecule has 4 rings (SSSR count). The maximum Gasteiger partial charge on any atom is 0.147 e. The minimum Gasteiger partial charge on any atom is -0.487 e. The normalized spacial score (nSPS) is 10.7. The van der Waals surface area contributed by atoms with Crippen LogP contribution in [0.4, 0.5) is 4.39 Å². The molecule has 3 nitrogen and oxygen atoms in total. The lowest BCUT2D eigenvalue weighted by Gasteiger charge is -2.13. The molecular weight excluding hydrogens is 375 g/mol. The quantitative estimate of drug-likeness (QED) is 0.423. The molecule has 0 atom stereocenters. The van der Waals surface area contributed by atoms with Crippen molar-refractivity contribution in [2.75, 3.05) is 0 Å². The first-order valence-electron chi connectivity index (χ1n) is 8.99. The van der Waals surface area contributed by atoms with Crippen LogP contribution in [0.1, 0.15) is 22.4 Å². The number of rotatable bonds is 5. The highest BCUT2D eigenvalue weighted by Gasteiger charge is 2.16. The van der Waals surface area contributed by atoms with Crippen molar-refractivity contribution in [3.63, 3.8) is 0 Å². The van der Waals surface area contributed by atoms with Crippen molar-refractivity contribution >= 4 is 23.4 Å². The van der Waals surface area contributed by atoms with E-state index in [1.807, 2.05) is 24.3 Å². The van der Waals surface area contributed by atoms with Crippen molar-refractivity contribution in [1.82, 2.24) is 9.55 Å². The minimum atomic E-state index is -0.243. The average Bonchev–Trinajstić information content (AvgIpc) is 2.94. The Hall–Kier alpha value is -2.85. The van der Waals surface area contributed by atoms with Crippen molar-refractivity contribution < 1.29 is 9.13 Å². The number of benzene rings is 2. The summed E-state index contributed by atoms with van der Waals surface area (Å²) in [7, 11) is 0. The summed E-state index contributed by atoms with van der Waals surface area (Å²) in [6, 6.07) is 18.6. The molecular formula is C23H22ClFN2O. The Morgan fingerprint density at radius 2 is 1.64 bits per heavy atom. The number of aromatic nitrogens is 2. The lowest BCUT2D eigenvalue weighted by molar-refractivity contribution is 0.308. The van der Waals surface area contributed by atoms with Gasteiger partial charge < -0.3 is 9.30 Å². The van der Waals surface area contributed by atoms with Gasteiger partial charge in [-0.2, -0.15) is 0 Å². The van der Waals surface area contributed by atoms with Crippen molar-refractivity contribution in [2.45, 2.75) is 27.0 Å². The van der Waals surface area contributed by atoms with Gasteiger partial charge in [0.05, 0.1) is 5.52 Å². The van der Waals surface area contributed by atoms with Gasteiger partial charge in [0.2, 0.25) is 0 Å². The van der Waals surface area contributed by atoms with Crippen LogP contribution in [0.2, 0.25) is 0 Å². The molecule has 0 spiro atoms. The molecule has 2 aromatic heterocycles. The molecule has 0 bridgehead atoms. The van der Waals surface area contributed by atoms with Crippen LogP contribution >= 0.6 is 12.4 Å². The minimum absolute atomic E-state index is 0. The summed E-state index contributed by atoms with van der Waals surface area (Å²) in [4.78, 5) is 4.58. The highest BCUT2D eigenvalue weighted by molar-refractivity contribution is 5.86. The summed E-state index contributed by atoms with van der Waals surface area (Å²) < 4.78 is 21.5. The summed E-state index contributed by atoms with van der Waals surface area (Å²) >= 11 is 0.